The summed E-state index contributed by atoms with van der Waals surface area (Å²) in [5.74, 6) is 0.297. The predicted octanol–water partition coefficient (Wildman–Crippen LogP) is 2.61. The van der Waals surface area contributed by atoms with Crippen LogP contribution in [0.2, 0.25) is 0 Å². The highest BCUT2D eigenvalue weighted by Crippen LogP contribution is 2.37. The minimum absolute atomic E-state index is 0.0981. The summed E-state index contributed by atoms with van der Waals surface area (Å²) >= 11 is 0. The molecule has 4 aromatic heterocycles. The van der Waals surface area contributed by atoms with E-state index in [1.54, 1.807) is 12.1 Å². The van der Waals surface area contributed by atoms with Crippen LogP contribution in [0.1, 0.15) is 36.4 Å². The number of aromatic nitrogens is 3. The molecule has 1 aliphatic heterocycles. The van der Waals surface area contributed by atoms with Crippen LogP contribution in [0.15, 0.2) is 38.4 Å². The van der Waals surface area contributed by atoms with Gasteiger partial charge < -0.3 is 18.9 Å². The number of fused-ring (bicyclic) bond motifs is 5. The summed E-state index contributed by atoms with van der Waals surface area (Å²) in [6.45, 7) is 6.49. The summed E-state index contributed by atoms with van der Waals surface area (Å²) in [5.41, 5.74) is 3.07. The van der Waals surface area contributed by atoms with Gasteiger partial charge in [-0.1, -0.05) is 0 Å². The van der Waals surface area contributed by atoms with Crippen LogP contribution in [0, 0.1) is 6.92 Å². The number of nitrogens with one attached hydrogen (secondary N) is 1. The molecule has 0 aliphatic carbocycles. The number of hydrogen-bond donors (Lipinski definition) is 1. The van der Waals surface area contributed by atoms with Crippen LogP contribution in [0.5, 0.6) is 0 Å². The Bertz CT molecular complexity index is 1360. The molecule has 0 saturated carbocycles. The number of ether oxygens (including phenoxy) is 1. The second-order valence-electron chi connectivity index (χ2n) is 8.37. The van der Waals surface area contributed by atoms with E-state index < -0.39 is 5.56 Å². The standard InChI is InChI=1S/C22H22N4O5/c1-12-15-10-30-22(2,3)7-14(15)17-18-19(31-20(17)25-12)21(28)26(11-24-18)9-16(27)23-8-13-5-4-6-29-13/h4-6,11H,7-10H2,1-3H3,(H,23,27). The normalized spacial score (nSPS) is 15.3. The Balaban J connectivity index is 1.53. The van der Waals surface area contributed by atoms with Crippen LogP contribution >= 0.6 is 0 Å². The molecule has 0 spiro atoms. The fourth-order valence-electron chi connectivity index (χ4n) is 3.98. The molecule has 1 aliphatic rings. The highest BCUT2D eigenvalue weighted by molar-refractivity contribution is 6.03. The van der Waals surface area contributed by atoms with E-state index in [2.05, 4.69) is 15.3 Å². The second kappa shape index (κ2) is 7.05. The molecular formula is C22H22N4O5. The van der Waals surface area contributed by atoms with Crippen molar-refractivity contribution in [3.63, 3.8) is 0 Å². The summed E-state index contributed by atoms with van der Waals surface area (Å²) in [4.78, 5) is 34.3. The molecule has 5 rings (SSSR count). The van der Waals surface area contributed by atoms with Gasteiger partial charge in [0.2, 0.25) is 17.2 Å². The van der Waals surface area contributed by atoms with Crippen LogP contribution in [0.25, 0.3) is 22.2 Å². The van der Waals surface area contributed by atoms with Gasteiger partial charge in [-0.3, -0.25) is 14.2 Å². The highest BCUT2D eigenvalue weighted by Gasteiger charge is 2.31. The van der Waals surface area contributed by atoms with Crippen molar-refractivity contribution in [1.82, 2.24) is 19.9 Å². The Kier molecular flexibility index (Phi) is 4.44. The average Bonchev–Trinajstić information content (AvgIpc) is 3.35. The Hall–Kier alpha value is -3.46. The van der Waals surface area contributed by atoms with E-state index >= 15 is 0 Å². The number of carbonyl (C=O) groups excluding carboxylic acids is 1. The maximum absolute atomic E-state index is 13.0. The lowest BCUT2D eigenvalue weighted by Gasteiger charge is -2.32. The lowest BCUT2D eigenvalue weighted by Crippen LogP contribution is -2.32. The minimum Gasteiger partial charge on any atom is -0.467 e. The van der Waals surface area contributed by atoms with Crippen molar-refractivity contribution in [1.29, 1.82) is 0 Å². The third-order valence-corrected chi connectivity index (χ3v) is 5.58. The predicted molar refractivity (Wildman–Crippen MR) is 111 cm³/mol. The van der Waals surface area contributed by atoms with Gasteiger partial charge in [0.25, 0.3) is 5.56 Å². The molecule has 9 nitrogen and oxygen atoms in total. The summed E-state index contributed by atoms with van der Waals surface area (Å²) in [6, 6.07) is 3.50. The van der Waals surface area contributed by atoms with Gasteiger partial charge in [-0.2, -0.15) is 0 Å². The number of nitrogens with zero attached hydrogens (tertiary/aromatic N) is 3. The third-order valence-electron chi connectivity index (χ3n) is 5.58. The van der Waals surface area contributed by atoms with Gasteiger partial charge in [-0.25, -0.2) is 9.97 Å². The van der Waals surface area contributed by atoms with Crippen LogP contribution < -0.4 is 10.9 Å². The topological polar surface area (TPSA) is 112 Å². The van der Waals surface area contributed by atoms with Crippen molar-refractivity contribution in [2.24, 2.45) is 0 Å². The van der Waals surface area contributed by atoms with Crippen molar-refractivity contribution < 1.29 is 18.4 Å². The minimum atomic E-state index is -0.422. The molecule has 1 amide bonds. The summed E-state index contributed by atoms with van der Waals surface area (Å²) in [7, 11) is 0. The first-order valence-corrected chi connectivity index (χ1v) is 10.1. The van der Waals surface area contributed by atoms with E-state index in [9.17, 15) is 9.59 Å². The molecule has 5 heterocycles. The smallest absolute Gasteiger partial charge is 0.297 e. The van der Waals surface area contributed by atoms with Gasteiger partial charge in [0.15, 0.2) is 0 Å². The monoisotopic (exact) mass is 422 g/mol. The van der Waals surface area contributed by atoms with E-state index in [1.165, 1.54) is 17.2 Å². The molecule has 0 unspecified atom stereocenters. The molecule has 4 aromatic rings. The number of hydrogen-bond acceptors (Lipinski definition) is 7. The van der Waals surface area contributed by atoms with Crippen LogP contribution in [-0.4, -0.2) is 26.0 Å². The third kappa shape index (κ3) is 3.40. The Morgan fingerprint density at radius 2 is 2.16 bits per heavy atom. The van der Waals surface area contributed by atoms with Gasteiger partial charge >= 0.3 is 0 Å². The van der Waals surface area contributed by atoms with Gasteiger partial charge in [-0.15, -0.1) is 0 Å². The van der Waals surface area contributed by atoms with Crippen molar-refractivity contribution in [2.45, 2.75) is 52.5 Å². The number of aryl methyl sites for hydroxylation is 1. The molecule has 1 N–H and O–H groups in total. The van der Waals surface area contributed by atoms with Crippen molar-refractivity contribution in [2.75, 3.05) is 0 Å². The zero-order chi connectivity index (χ0) is 21.8. The fourth-order valence-corrected chi connectivity index (χ4v) is 3.98. The van der Waals surface area contributed by atoms with Gasteiger partial charge in [0.05, 0.1) is 36.7 Å². The Morgan fingerprint density at radius 1 is 1.32 bits per heavy atom. The largest absolute Gasteiger partial charge is 0.467 e. The van der Waals surface area contributed by atoms with Crippen molar-refractivity contribution in [3.8, 4) is 0 Å². The van der Waals surface area contributed by atoms with Crippen LogP contribution in [0.4, 0.5) is 0 Å². The van der Waals surface area contributed by atoms with Gasteiger partial charge in [-0.05, 0) is 38.5 Å². The first-order valence-electron chi connectivity index (χ1n) is 10.1. The Labute approximate surface area is 177 Å². The first kappa shape index (κ1) is 19.5. The number of carbonyl (C=O) groups is 1. The molecule has 0 bridgehead atoms. The molecule has 0 saturated heterocycles. The summed E-state index contributed by atoms with van der Waals surface area (Å²) in [5, 5.41) is 3.46. The van der Waals surface area contributed by atoms with E-state index in [0.29, 0.717) is 30.0 Å². The molecule has 9 heteroatoms. The molecule has 0 radical (unpaired) electrons. The first-order chi connectivity index (χ1) is 14.8. The maximum atomic E-state index is 13.0. The van der Waals surface area contributed by atoms with Crippen LogP contribution in [-0.2, 0) is 35.6 Å². The van der Waals surface area contributed by atoms with Crippen molar-refractivity contribution >= 4 is 28.1 Å². The lowest BCUT2D eigenvalue weighted by molar-refractivity contribution is -0.122. The number of pyridine rings is 1. The summed E-state index contributed by atoms with van der Waals surface area (Å²) in [6.07, 6.45) is 3.58. The van der Waals surface area contributed by atoms with E-state index in [1.807, 2.05) is 20.8 Å². The van der Waals surface area contributed by atoms with E-state index in [0.717, 1.165) is 22.2 Å². The molecule has 0 fully saturated rings. The van der Waals surface area contributed by atoms with E-state index in [4.69, 9.17) is 13.6 Å². The Morgan fingerprint density at radius 3 is 2.94 bits per heavy atom. The number of furan rings is 2. The maximum Gasteiger partial charge on any atom is 0.297 e. The number of rotatable bonds is 4. The van der Waals surface area contributed by atoms with E-state index in [-0.39, 0.29) is 30.2 Å². The second-order valence-corrected chi connectivity index (χ2v) is 8.37. The lowest BCUT2D eigenvalue weighted by atomic mass is 9.89. The summed E-state index contributed by atoms with van der Waals surface area (Å²) < 4.78 is 18.2. The van der Waals surface area contributed by atoms with Crippen molar-refractivity contribution in [3.05, 3.63) is 57.7 Å². The number of amides is 1. The molecule has 0 atom stereocenters. The molecule has 31 heavy (non-hydrogen) atoms. The molecule has 160 valence electrons. The van der Waals surface area contributed by atoms with Crippen LogP contribution in [0.3, 0.4) is 0 Å². The SMILES string of the molecule is Cc1nc2oc3c(=O)n(CC(=O)NCc4ccco4)cnc3c2c2c1COC(C)(C)C2. The zero-order valence-corrected chi connectivity index (χ0v) is 17.5. The quantitative estimate of drug-likeness (QED) is 0.538. The average molecular weight is 422 g/mol. The molecule has 0 aromatic carbocycles. The fraction of sp³-hybridized carbons (Fsp3) is 0.364. The highest BCUT2D eigenvalue weighted by atomic mass is 16.5. The zero-order valence-electron chi connectivity index (χ0n) is 17.5. The molecular weight excluding hydrogens is 400 g/mol. The van der Waals surface area contributed by atoms with Gasteiger partial charge in [0.1, 0.15) is 17.8 Å². The van der Waals surface area contributed by atoms with Gasteiger partial charge in [0, 0.05) is 17.7 Å².